The Kier molecular flexibility index (Phi) is 4.74. The molecule has 0 bridgehead atoms. The predicted octanol–water partition coefficient (Wildman–Crippen LogP) is 3.92. The standard InChI is InChI=1S/C16H12F4N2O/c17-15(18)9-23-14-6-12(5-13(22)7-14)16(19,20)11-3-1-2-10(4-11)8-21/h1-7,15H,9,22H2. The average molecular weight is 324 g/mol. The van der Waals surface area contributed by atoms with Gasteiger partial charge >= 0.3 is 0 Å². The molecule has 3 nitrogen and oxygen atoms in total. The lowest BCUT2D eigenvalue weighted by Gasteiger charge is -2.19. The molecule has 2 N–H and O–H groups in total. The van der Waals surface area contributed by atoms with Gasteiger partial charge in [-0.05, 0) is 24.3 Å². The molecular weight excluding hydrogens is 312 g/mol. The monoisotopic (exact) mass is 324 g/mol. The number of nitrogen functional groups attached to an aromatic ring is 1. The minimum Gasteiger partial charge on any atom is -0.488 e. The van der Waals surface area contributed by atoms with Gasteiger partial charge in [0.1, 0.15) is 12.4 Å². The maximum Gasteiger partial charge on any atom is 0.298 e. The molecule has 23 heavy (non-hydrogen) atoms. The molecule has 0 aliphatic rings. The molecule has 0 aliphatic carbocycles. The number of ether oxygens (including phenoxy) is 1. The van der Waals surface area contributed by atoms with Crippen LogP contribution < -0.4 is 10.5 Å². The smallest absolute Gasteiger partial charge is 0.298 e. The van der Waals surface area contributed by atoms with Crippen LogP contribution in [0.1, 0.15) is 16.7 Å². The molecule has 0 amide bonds. The van der Waals surface area contributed by atoms with E-state index in [1.807, 2.05) is 0 Å². The first-order valence-corrected chi connectivity index (χ1v) is 6.53. The summed E-state index contributed by atoms with van der Waals surface area (Å²) in [6, 6.07) is 9.92. The second kappa shape index (κ2) is 6.57. The molecule has 2 rings (SSSR count). The van der Waals surface area contributed by atoms with E-state index in [0.29, 0.717) is 0 Å². The molecule has 0 spiro atoms. The number of nitrogens with zero attached hydrogens (tertiary/aromatic N) is 1. The Hall–Kier alpha value is -2.75. The van der Waals surface area contributed by atoms with Gasteiger partial charge in [-0.1, -0.05) is 12.1 Å². The van der Waals surface area contributed by atoms with E-state index in [-0.39, 0.29) is 17.0 Å². The number of nitrogens with two attached hydrogens (primary N) is 1. The number of hydrogen-bond acceptors (Lipinski definition) is 3. The third-order valence-corrected chi connectivity index (χ3v) is 3.02. The summed E-state index contributed by atoms with van der Waals surface area (Å²) < 4.78 is 58.3. The van der Waals surface area contributed by atoms with Gasteiger partial charge in [-0.25, -0.2) is 8.78 Å². The highest BCUT2D eigenvalue weighted by Gasteiger charge is 2.35. The quantitative estimate of drug-likeness (QED) is 0.670. The zero-order valence-electron chi connectivity index (χ0n) is 11.8. The van der Waals surface area contributed by atoms with Gasteiger partial charge in [-0.15, -0.1) is 0 Å². The maximum absolute atomic E-state index is 14.6. The highest BCUT2D eigenvalue weighted by molar-refractivity contribution is 5.51. The summed E-state index contributed by atoms with van der Waals surface area (Å²) in [6.07, 6.45) is -2.73. The molecule has 0 saturated carbocycles. The lowest BCUT2D eigenvalue weighted by Crippen LogP contribution is -2.16. The Morgan fingerprint density at radius 2 is 1.87 bits per heavy atom. The van der Waals surface area contributed by atoms with E-state index in [9.17, 15) is 17.6 Å². The topological polar surface area (TPSA) is 59.0 Å². The predicted molar refractivity (Wildman–Crippen MR) is 76.5 cm³/mol. The van der Waals surface area contributed by atoms with Crippen LogP contribution in [0.25, 0.3) is 0 Å². The molecule has 0 atom stereocenters. The van der Waals surface area contributed by atoms with Gasteiger partial charge in [0.05, 0.1) is 11.6 Å². The Morgan fingerprint density at radius 3 is 2.52 bits per heavy atom. The highest BCUT2D eigenvalue weighted by atomic mass is 19.3. The van der Waals surface area contributed by atoms with Crippen LogP contribution in [0.5, 0.6) is 5.75 Å². The molecule has 0 saturated heterocycles. The number of alkyl halides is 4. The van der Waals surface area contributed by atoms with Gasteiger partial charge < -0.3 is 10.5 Å². The molecule has 0 heterocycles. The van der Waals surface area contributed by atoms with Crippen molar-refractivity contribution in [2.24, 2.45) is 0 Å². The molecule has 0 aromatic heterocycles. The first-order chi connectivity index (χ1) is 10.8. The third kappa shape index (κ3) is 3.92. The fourth-order valence-electron chi connectivity index (χ4n) is 2.00. The fraction of sp³-hybridized carbons (Fsp3) is 0.188. The molecule has 2 aromatic carbocycles. The zero-order valence-corrected chi connectivity index (χ0v) is 11.8. The Morgan fingerprint density at radius 1 is 1.13 bits per heavy atom. The SMILES string of the molecule is N#Cc1cccc(C(F)(F)c2cc(N)cc(OCC(F)F)c2)c1. The molecule has 0 fully saturated rings. The van der Waals surface area contributed by atoms with Crippen LogP contribution in [-0.4, -0.2) is 13.0 Å². The summed E-state index contributed by atoms with van der Waals surface area (Å²) in [5.41, 5.74) is 4.68. The minimum absolute atomic E-state index is 0.0390. The number of halogens is 4. The van der Waals surface area contributed by atoms with Crippen molar-refractivity contribution in [2.75, 3.05) is 12.3 Å². The van der Waals surface area contributed by atoms with Crippen LogP contribution in [0.15, 0.2) is 42.5 Å². The number of hydrogen-bond donors (Lipinski definition) is 1. The highest BCUT2D eigenvalue weighted by Crippen LogP contribution is 2.38. The van der Waals surface area contributed by atoms with Crippen LogP contribution in [0.3, 0.4) is 0 Å². The van der Waals surface area contributed by atoms with Crippen molar-refractivity contribution in [3.8, 4) is 11.8 Å². The van der Waals surface area contributed by atoms with E-state index in [4.69, 9.17) is 15.7 Å². The van der Waals surface area contributed by atoms with Crippen LogP contribution in [-0.2, 0) is 5.92 Å². The fourth-order valence-corrected chi connectivity index (χ4v) is 2.00. The summed E-state index contributed by atoms with van der Waals surface area (Å²) in [4.78, 5) is 0. The van der Waals surface area contributed by atoms with E-state index in [2.05, 4.69) is 0 Å². The largest absolute Gasteiger partial charge is 0.488 e. The summed E-state index contributed by atoms with van der Waals surface area (Å²) >= 11 is 0. The molecule has 120 valence electrons. The first-order valence-electron chi connectivity index (χ1n) is 6.53. The van der Waals surface area contributed by atoms with Gasteiger partial charge in [-0.3, -0.25) is 0 Å². The van der Waals surface area contributed by atoms with E-state index in [1.54, 1.807) is 6.07 Å². The first kappa shape index (κ1) is 16.6. The number of anilines is 1. The second-order valence-electron chi connectivity index (χ2n) is 4.76. The van der Waals surface area contributed by atoms with E-state index in [1.165, 1.54) is 24.3 Å². The molecule has 0 unspecified atom stereocenters. The molecule has 0 radical (unpaired) electrons. The summed E-state index contributed by atoms with van der Waals surface area (Å²) in [5.74, 6) is -3.62. The van der Waals surface area contributed by atoms with Crippen molar-refractivity contribution < 1.29 is 22.3 Å². The van der Waals surface area contributed by atoms with Crippen LogP contribution >= 0.6 is 0 Å². The normalized spacial score (nSPS) is 11.3. The van der Waals surface area contributed by atoms with Crippen molar-refractivity contribution in [1.29, 1.82) is 5.26 Å². The third-order valence-electron chi connectivity index (χ3n) is 3.02. The Balaban J connectivity index is 2.40. The lowest BCUT2D eigenvalue weighted by atomic mass is 9.98. The summed E-state index contributed by atoms with van der Waals surface area (Å²) in [6.45, 7) is -0.918. The average Bonchev–Trinajstić information content (AvgIpc) is 2.52. The summed E-state index contributed by atoms with van der Waals surface area (Å²) in [5, 5.41) is 8.80. The van der Waals surface area contributed by atoms with Gasteiger partial charge in [0.2, 0.25) is 0 Å². The Bertz CT molecular complexity index is 741. The molecular formula is C16H12F4N2O. The van der Waals surface area contributed by atoms with Gasteiger partial charge in [0, 0.05) is 22.9 Å². The number of rotatable bonds is 5. The van der Waals surface area contributed by atoms with Crippen molar-refractivity contribution >= 4 is 5.69 Å². The zero-order chi connectivity index (χ0) is 17.0. The van der Waals surface area contributed by atoms with E-state index >= 15 is 0 Å². The summed E-state index contributed by atoms with van der Waals surface area (Å²) in [7, 11) is 0. The Labute approximate surface area is 129 Å². The molecule has 0 aliphatic heterocycles. The van der Waals surface area contributed by atoms with Crippen LogP contribution in [0.4, 0.5) is 23.2 Å². The lowest BCUT2D eigenvalue weighted by molar-refractivity contribution is 0.0422. The van der Waals surface area contributed by atoms with E-state index in [0.717, 1.165) is 18.2 Å². The van der Waals surface area contributed by atoms with Crippen LogP contribution in [0.2, 0.25) is 0 Å². The maximum atomic E-state index is 14.6. The van der Waals surface area contributed by atoms with Gasteiger partial charge in [0.15, 0.2) is 0 Å². The van der Waals surface area contributed by atoms with Gasteiger partial charge in [0.25, 0.3) is 12.3 Å². The minimum atomic E-state index is -3.45. The molecule has 2 aromatic rings. The van der Waals surface area contributed by atoms with Crippen molar-refractivity contribution in [2.45, 2.75) is 12.3 Å². The van der Waals surface area contributed by atoms with E-state index < -0.39 is 30.1 Å². The molecule has 7 heteroatoms. The van der Waals surface area contributed by atoms with Crippen molar-refractivity contribution in [1.82, 2.24) is 0 Å². The van der Waals surface area contributed by atoms with Crippen LogP contribution in [0, 0.1) is 11.3 Å². The van der Waals surface area contributed by atoms with Crippen molar-refractivity contribution in [3.63, 3.8) is 0 Å². The number of benzene rings is 2. The second-order valence-corrected chi connectivity index (χ2v) is 4.76. The number of nitriles is 1. The van der Waals surface area contributed by atoms with Crippen molar-refractivity contribution in [3.05, 3.63) is 59.2 Å². The van der Waals surface area contributed by atoms with Gasteiger partial charge in [-0.2, -0.15) is 14.0 Å².